The van der Waals surface area contributed by atoms with E-state index >= 15 is 0 Å². The quantitative estimate of drug-likeness (QED) is 0.170. The topological polar surface area (TPSA) is 14.8 Å². The molecule has 1 unspecified atom stereocenters. The first-order valence-corrected chi connectivity index (χ1v) is 21.3. The molecule has 7 aromatic carbocycles. The maximum atomic E-state index is 2.55. The Hall–Kier alpha value is -6.88. The van der Waals surface area contributed by atoms with Gasteiger partial charge >= 0.3 is 0 Å². The molecule has 4 aromatic heterocycles. The number of aromatic nitrogens is 3. The number of hydrogen-bond acceptors (Lipinski definition) is 1. The van der Waals surface area contributed by atoms with Gasteiger partial charge in [-0.25, -0.2) is 0 Å². The van der Waals surface area contributed by atoms with Gasteiger partial charge in [0.15, 0.2) is 0 Å². The highest BCUT2D eigenvalue weighted by molar-refractivity contribution is 7.26. The predicted octanol–water partition coefficient (Wildman–Crippen LogP) is 13.1. The minimum absolute atomic E-state index is 0.281. The van der Waals surface area contributed by atoms with Crippen molar-refractivity contribution in [3.8, 4) is 11.4 Å². The zero-order chi connectivity index (χ0) is 37.9. The van der Waals surface area contributed by atoms with Crippen molar-refractivity contribution in [2.24, 2.45) is 0 Å². The second-order valence-corrected chi connectivity index (χ2v) is 17.0. The van der Waals surface area contributed by atoms with Gasteiger partial charge in [0.1, 0.15) is 0 Å². The first-order chi connectivity index (χ1) is 28.8. The molecule has 0 saturated carbocycles. The standard InChI is InChI=1S/C54H37N3S/c1-3-13-36(14-4-1)55-46-20-10-7-17-39(46)44-31-34(23-28-48(44)55)35-24-29-49-45(32-35)40-18-8-11-21-47(40)56(49)38-25-26-41-42-27-30-52-53(43-19-9-12-22-51(43)58-52)54(42)57(50(41)33-38)37-15-5-2-6-16-37/h1,3-5,7-22,24-34H,2,6,23H2. The molecule has 4 heterocycles. The summed E-state index contributed by atoms with van der Waals surface area (Å²) in [5.41, 5.74) is 11.3. The molecule has 13 rings (SSSR count). The Balaban J connectivity index is 1.01. The average Bonchev–Trinajstić information content (AvgIpc) is 4.02. The van der Waals surface area contributed by atoms with Crippen LogP contribution in [0.25, 0.3) is 104 Å². The SMILES string of the molecule is C1=CC(n2c3cc(-n4c5ccccc5c5cc(C6C=c7c(n(-c8ccccc8)c8ccccc78)=CC6)ccc54)ccc3c3ccc4sc5ccccc5c4c32)=CCC1. The number of hydrogen-bond donors (Lipinski definition) is 0. The largest absolute Gasteiger partial charge is 0.310 e. The molecular weight excluding hydrogens is 723 g/mol. The maximum Gasteiger partial charge on any atom is 0.0634 e. The van der Waals surface area contributed by atoms with Gasteiger partial charge in [0.2, 0.25) is 0 Å². The van der Waals surface area contributed by atoms with Gasteiger partial charge in [-0.05, 0) is 91.6 Å². The lowest BCUT2D eigenvalue weighted by atomic mass is 9.90. The van der Waals surface area contributed by atoms with Crippen molar-refractivity contribution in [3.05, 3.63) is 186 Å². The summed E-state index contributed by atoms with van der Waals surface area (Å²) in [5, 5.41) is 11.8. The van der Waals surface area contributed by atoms with Crippen LogP contribution in [0.5, 0.6) is 0 Å². The van der Waals surface area contributed by atoms with Crippen LogP contribution in [0.3, 0.4) is 0 Å². The second-order valence-electron chi connectivity index (χ2n) is 15.9. The summed E-state index contributed by atoms with van der Waals surface area (Å²) in [7, 11) is 0. The zero-order valence-electron chi connectivity index (χ0n) is 31.8. The molecule has 1 atom stereocenters. The Bertz CT molecular complexity index is 3720. The summed E-state index contributed by atoms with van der Waals surface area (Å²) in [6, 6.07) is 56.5. The van der Waals surface area contributed by atoms with Gasteiger partial charge in [0.05, 0.1) is 27.6 Å². The molecule has 3 nitrogen and oxygen atoms in total. The summed E-state index contributed by atoms with van der Waals surface area (Å²) >= 11 is 1.89. The van der Waals surface area contributed by atoms with Crippen molar-refractivity contribution in [2.75, 3.05) is 0 Å². The normalized spacial score (nSPS) is 15.5. The van der Waals surface area contributed by atoms with Gasteiger partial charge in [-0.1, -0.05) is 115 Å². The van der Waals surface area contributed by atoms with E-state index in [9.17, 15) is 0 Å². The van der Waals surface area contributed by atoms with Crippen molar-refractivity contribution in [1.29, 1.82) is 0 Å². The molecule has 58 heavy (non-hydrogen) atoms. The van der Waals surface area contributed by atoms with E-state index in [1.54, 1.807) is 0 Å². The number of allylic oxidation sites excluding steroid dienone is 4. The lowest BCUT2D eigenvalue weighted by Crippen LogP contribution is -2.31. The summed E-state index contributed by atoms with van der Waals surface area (Å²) in [6.45, 7) is 0. The molecule has 0 bridgehead atoms. The van der Waals surface area contributed by atoms with E-state index in [2.05, 4.69) is 196 Å². The predicted molar refractivity (Wildman–Crippen MR) is 248 cm³/mol. The third-order valence-electron chi connectivity index (χ3n) is 12.8. The van der Waals surface area contributed by atoms with Gasteiger partial charge in [-0.2, -0.15) is 0 Å². The van der Waals surface area contributed by atoms with Crippen LogP contribution in [-0.2, 0) is 0 Å². The van der Waals surface area contributed by atoms with Crippen molar-refractivity contribution in [3.63, 3.8) is 0 Å². The average molecular weight is 760 g/mol. The van der Waals surface area contributed by atoms with Crippen molar-refractivity contribution < 1.29 is 0 Å². The number of fused-ring (bicyclic) bond motifs is 13. The maximum absolute atomic E-state index is 2.55. The van der Waals surface area contributed by atoms with Crippen LogP contribution in [0.4, 0.5) is 0 Å². The van der Waals surface area contributed by atoms with E-state index in [0.717, 1.165) is 19.3 Å². The molecule has 0 aliphatic heterocycles. The molecule has 0 spiro atoms. The summed E-state index contributed by atoms with van der Waals surface area (Å²) in [6.07, 6.45) is 15.1. The first kappa shape index (κ1) is 32.2. The van der Waals surface area contributed by atoms with Gasteiger partial charge in [-0.15, -0.1) is 11.3 Å². The molecule has 274 valence electrons. The Morgan fingerprint density at radius 1 is 0.483 bits per heavy atom. The molecular formula is C54H37N3S. The smallest absolute Gasteiger partial charge is 0.0634 e. The fourth-order valence-electron chi connectivity index (χ4n) is 10.2. The third kappa shape index (κ3) is 4.55. The van der Waals surface area contributed by atoms with Crippen LogP contribution in [0, 0.1) is 0 Å². The molecule has 0 saturated heterocycles. The molecule has 2 aliphatic carbocycles. The minimum Gasteiger partial charge on any atom is -0.310 e. The van der Waals surface area contributed by atoms with Crippen molar-refractivity contribution in [1.82, 2.24) is 13.7 Å². The van der Waals surface area contributed by atoms with E-state index in [1.807, 2.05) is 11.3 Å². The lowest BCUT2D eigenvalue weighted by molar-refractivity contribution is 0.909. The number of nitrogens with zero attached hydrogens (tertiary/aromatic N) is 3. The van der Waals surface area contributed by atoms with E-state index in [1.165, 1.54) is 108 Å². The lowest BCUT2D eigenvalue weighted by Gasteiger charge is -2.16. The molecule has 0 radical (unpaired) electrons. The molecule has 11 aromatic rings. The van der Waals surface area contributed by atoms with Crippen LogP contribution >= 0.6 is 11.3 Å². The highest BCUT2D eigenvalue weighted by Gasteiger charge is 2.22. The van der Waals surface area contributed by atoms with Gasteiger partial charge in [-0.3, -0.25) is 0 Å². The van der Waals surface area contributed by atoms with Crippen molar-refractivity contribution in [2.45, 2.75) is 25.2 Å². The zero-order valence-corrected chi connectivity index (χ0v) is 32.6. The van der Waals surface area contributed by atoms with Crippen LogP contribution in [0.15, 0.2) is 170 Å². The Morgan fingerprint density at radius 2 is 1.22 bits per heavy atom. The van der Waals surface area contributed by atoms with E-state index in [4.69, 9.17) is 0 Å². The number of rotatable bonds is 4. The van der Waals surface area contributed by atoms with E-state index in [0.29, 0.717) is 0 Å². The van der Waals surface area contributed by atoms with Crippen LogP contribution < -0.4 is 10.6 Å². The van der Waals surface area contributed by atoms with Crippen LogP contribution in [0.2, 0.25) is 0 Å². The summed E-state index contributed by atoms with van der Waals surface area (Å²) in [4.78, 5) is 0. The van der Waals surface area contributed by atoms with Gasteiger partial charge in [0, 0.05) is 80.7 Å². The molecule has 4 heteroatoms. The molecule has 0 fully saturated rings. The fourth-order valence-corrected chi connectivity index (χ4v) is 11.3. The second kappa shape index (κ2) is 12.3. The van der Waals surface area contributed by atoms with Gasteiger partial charge < -0.3 is 13.7 Å². The number of para-hydroxylation sites is 3. The van der Waals surface area contributed by atoms with Crippen molar-refractivity contribution >= 4 is 104 Å². The highest BCUT2D eigenvalue weighted by atomic mass is 32.1. The highest BCUT2D eigenvalue weighted by Crippen LogP contribution is 2.44. The molecule has 0 N–H and O–H groups in total. The first-order valence-electron chi connectivity index (χ1n) is 20.4. The Labute approximate surface area is 338 Å². The monoisotopic (exact) mass is 759 g/mol. The molecule has 2 aliphatic rings. The van der Waals surface area contributed by atoms with E-state index < -0.39 is 0 Å². The summed E-state index contributed by atoms with van der Waals surface area (Å²) in [5.74, 6) is 0.281. The Morgan fingerprint density at radius 3 is 2.09 bits per heavy atom. The fraction of sp³-hybridized carbons (Fsp3) is 0.0741. The molecule has 0 amide bonds. The minimum atomic E-state index is 0.281. The Kier molecular flexibility index (Phi) is 6.84. The summed E-state index contributed by atoms with van der Waals surface area (Å²) < 4.78 is 10.1. The van der Waals surface area contributed by atoms with Crippen LogP contribution in [0.1, 0.15) is 30.7 Å². The van der Waals surface area contributed by atoms with Crippen LogP contribution in [-0.4, -0.2) is 13.7 Å². The number of benzene rings is 7. The van der Waals surface area contributed by atoms with E-state index in [-0.39, 0.29) is 5.92 Å². The van der Waals surface area contributed by atoms with Gasteiger partial charge in [0.25, 0.3) is 0 Å². The third-order valence-corrected chi connectivity index (χ3v) is 13.9. The number of thiophene rings is 1.